The molecule has 1 fully saturated rings. The molecule has 2 rings (SSSR count). The van der Waals surface area contributed by atoms with Crippen molar-refractivity contribution in [2.24, 2.45) is 0 Å². The van der Waals surface area contributed by atoms with Crippen LogP contribution >= 0.6 is 15.9 Å². The zero-order chi connectivity index (χ0) is 16.3. The Morgan fingerprint density at radius 2 is 2.27 bits per heavy atom. The van der Waals surface area contributed by atoms with E-state index in [0.29, 0.717) is 4.47 Å². The maximum absolute atomic E-state index is 13.0. The van der Waals surface area contributed by atoms with Crippen LogP contribution in [0, 0.1) is 5.82 Å². The average molecular weight is 376 g/mol. The van der Waals surface area contributed by atoms with Crippen molar-refractivity contribution in [1.82, 2.24) is 5.32 Å². The number of hydrogen-bond acceptors (Lipinski definition) is 4. The van der Waals surface area contributed by atoms with Gasteiger partial charge in [-0.2, -0.15) is 0 Å². The summed E-state index contributed by atoms with van der Waals surface area (Å²) in [6, 6.07) is 3.80. The van der Waals surface area contributed by atoms with Crippen LogP contribution in [-0.2, 0) is 14.3 Å². The fourth-order valence-electron chi connectivity index (χ4n) is 2.04. The molecular formula is C14H15BrFNO5. The molecule has 1 aliphatic rings. The lowest BCUT2D eigenvalue weighted by molar-refractivity contribution is -0.148. The summed E-state index contributed by atoms with van der Waals surface area (Å²) in [4.78, 5) is 23.5. The smallest absolute Gasteiger partial charge is 0.331 e. The lowest BCUT2D eigenvalue weighted by atomic mass is 9.98. The van der Waals surface area contributed by atoms with Gasteiger partial charge in [-0.3, -0.25) is 4.79 Å². The van der Waals surface area contributed by atoms with Crippen LogP contribution in [0.4, 0.5) is 4.39 Å². The van der Waals surface area contributed by atoms with Gasteiger partial charge in [-0.15, -0.1) is 0 Å². The van der Waals surface area contributed by atoms with E-state index in [1.807, 2.05) is 0 Å². The van der Waals surface area contributed by atoms with Gasteiger partial charge >= 0.3 is 5.97 Å². The van der Waals surface area contributed by atoms with Crippen molar-refractivity contribution >= 4 is 27.8 Å². The third-order valence-electron chi connectivity index (χ3n) is 3.36. The number of rotatable bonds is 5. The van der Waals surface area contributed by atoms with Crippen molar-refractivity contribution in [2.45, 2.75) is 25.0 Å². The molecule has 1 aromatic rings. The average Bonchev–Trinajstić information content (AvgIpc) is 2.91. The number of carboxylic acids is 1. The number of benzene rings is 1. The number of carboxylic acid groups (broad SMARTS) is 1. The quantitative estimate of drug-likeness (QED) is 0.818. The van der Waals surface area contributed by atoms with Gasteiger partial charge in [0.2, 0.25) is 0 Å². The van der Waals surface area contributed by atoms with Crippen molar-refractivity contribution < 1.29 is 28.6 Å². The van der Waals surface area contributed by atoms with Gasteiger partial charge in [-0.25, -0.2) is 9.18 Å². The Morgan fingerprint density at radius 3 is 2.82 bits per heavy atom. The summed E-state index contributed by atoms with van der Waals surface area (Å²) in [6.07, 6.45) is -0.750. The minimum Gasteiger partial charge on any atom is -0.480 e. The Hall–Kier alpha value is -1.67. The van der Waals surface area contributed by atoms with E-state index < -0.39 is 29.3 Å². The summed E-state index contributed by atoms with van der Waals surface area (Å²) in [5.41, 5.74) is -1.42. The highest BCUT2D eigenvalue weighted by Gasteiger charge is 2.44. The number of ether oxygens (including phenoxy) is 2. The van der Waals surface area contributed by atoms with Crippen LogP contribution in [0.25, 0.3) is 0 Å². The lowest BCUT2D eigenvalue weighted by Gasteiger charge is -2.26. The molecule has 2 unspecified atom stereocenters. The Balaban J connectivity index is 2.04. The molecule has 2 atom stereocenters. The molecule has 1 aliphatic heterocycles. The van der Waals surface area contributed by atoms with Gasteiger partial charge in [-0.05, 0) is 41.1 Å². The summed E-state index contributed by atoms with van der Waals surface area (Å²) in [5, 5.41) is 11.7. The van der Waals surface area contributed by atoms with Crippen molar-refractivity contribution in [2.75, 3.05) is 13.2 Å². The molecule has 1 saturated heterocycles. The fraction of sp³-hybridized carbons (Fsp3) is 0.429. The molecule has 120 valence electrons. The van der Waals surface area contributed by atoms with Gasteiger partial charge in [0.15, 0.2) is 11.6 Å². The van der Waals surface area contributed by atoms with Crippen LogP contribution in [0.1, 0.15) is 13.3 Å². The Morgan fingerprint density at radius 1 is 1.55 bits per heavy atom. The van der Waals surface area contributed by atoms with Gasteiger partial charge in [0, 0.05) is 13.0 Å². The molecule has 0 bridgehead atoms. The number of halogens is 2. The van der Waals surface area contributed by atoms with Crippen molar-refractivity contribution in [3.8, 4) is 5.75 Å². The zero-order valence-corrected chi connectivity index (χ0v) is 13.4. The number of aliphatic carboxylic acids is 1. The molecule has 0 radical (unpaired) electrons. The normalized spacial score (nSPS) is 22.1. The van der Waals surface area contributed by atoms with E-state index in [4.69, 9.17) is 9.47 Å². The second-order valence-corrected chi connectivity index (χ2v) is 5.87. The van der Waals surface area contributed by atoms with Gasteiger partial charge in [0.1, 0.15) is 11.6 Å². The molecule has 0 saturated carbocycles. The van der Waals surface area contributed by atoms with Gasteiger partial charge in [-0.1, -0.05) is 0 Å². The Labute approximate surface area is 134 Å². The minimum absolute atomic E-state index is 0.0823. The third kappa shape index (κ3) is 3.56. The van der Waals surface area contributed by atoms with Crippen LogP contribution in [0.15, 0.2) is 22.7 Å². The highest BCUT2D eigenvalue weighted by molar-refractivity contribution is 9.10. The SMILES string of the molecule is CC(Oc1ccc(F)cc1Br)C(=O)NC1(C(=O)O)CCOC1. The van der Waals surface area contributed by atoms with Crippen LogP contribution < -0.4 is 10.1 Å². The molecule has 0 spiro atoms. The molecule has 0 aromatic heterocycles. The largest absolute Gasteiger partial charge is 0.480 e. The van der Waals surface area contributed by atoms with Crippen molar-refractivity contribution in [1.29, 1.82) is 0 Å². The monoisotopic (exact) mass is 375 g/mol. The molecule has 0 aliphatic carbocycles. The summed E-state index contributed by atoms with van der Waals surface area (Å²) < 4.78 is 23.9. The van der Waals surface area contributed by atoms with E-state index in [1.165, 1.54) is 25.1 Å². The van der Waals surface area contributed by atoms with Crippen LogP contribution in [0.3, 0.4) is 0 Å². The number of carbonyl (C=O) groups excluding carboxylic acids is 1. The van der Waals surface area contributed by atoms with Crippen molar-refractivity contribution in [3.05, 3.63) is 28.5 Å². The zero-order valence-electron chi connectivity index (χ0n) is 11.8. The second-order valence-electron chi connectivity index (χ2n) is 5.01. The summed E-state index contributed by atoms with van der Waals surface area (Å²) >= 11 is 3.14. The molecular weight excluding hydrogens is 361 g/mol. The number of nitrogens with one attached hydrogen (secondary N) is 1. The van der Waals surface area contributed by atoms with E-state index in [0.717, 1.165) is 0 Å². The Bertz CT molecular complexity index is 589. The van der Waals surface area contributed by atoms with E-state index in [-0.39, 0.29) is 25.4 Å². The third-order valence-corrected chi connectivity index (χ3v) is 3.98. The highest BCUT2D eigenvalue weighted by Crippen LogP contribution is 2.27. The molecule has 22 heavy (non-hydrogen) atoms. The number of carbonyl (C=O) groups is 2. The van der Waals surface area contributed by atoms with Crippen LogP contribution in [0.5, 0.6) is 5.75 Å². The predicted molar refractivity (Wildman–Crippen MR) is 78.1 cm³/mol. The summed E-state index contributed by atoms with van der Waals surface area (Å²) in [7, 11) is 0. The highest BCUT2D eigenvalue weighted by atomic mass is 79.9. The predicted octanol–water partition coefficient (Wildman–Crippen LogP) is 1.72. The molecule has 1 aromatic carbocycles. The van der Waals surface area contributed by atoms with Gasteiger partial charge in [0.25, 0.3) is 5.91 Å². The molecule has 2 N–H and O–H groups in total. The first-order chi connectivity index (χ1) is 10.3. The van der Waals surface area contributed by atoms with Gasteiger partial charge in [0.05, 0.1) is 11.1 Å². The summed E-state index contributed by atoms with van der Waals surface area (Å²) in [5.74, 6) is -1.88. The van der Waals surface area contributed by atoms with E-state index >= 15 is 0 Å². The second kappa shape index (κ2) is 6.62. The maximum Gasteiger partial charge on any atom is 0.331 e. The molecule has 1 heterocycles. The maximum atomic E-state index is 13.0. The standard InChI is InChI=1S/C14H15BrFNO5/c1-8(22-11-3-2-9(16)6-10(11)15)12(18)17-14(13(19)20)4-5-21-7-14/h2-3,6,8H,4-5,7H2,1H3,(H,17,18)(H,19,20). The van der Waals surface area contributed by atoms with Crippen molar-refractivity contribution in [3.63, 3.8) is 0 Å². The first-order valence-corrected chi connectivity index (χ1v) is 7.38. The number of hydrogen-bond donors (Lipinski definition) is 2. The first kappa shape index (κ1) is 16.7. The van der Waals surface area contributed by atoms with Gasteiger partial charge < -0.3 is 19.9 Å². The van der Waals surface area contributed by atoms with Crippen LogP contribution in [0.2, 0.25) is 0 Å². The number of amides is 1. The fourth-order valence-corrected chi connectivity index (χ4v) is 2.48. The van der Waals surface area contributed by atoms with Crippen LogP contribution in [-0.4, -0.2) is 41.8 Å². The van der Waals surface area contributed by atoms with E-state index in [1.54, 1.807) is 0 Å². The topological polar surface area (TPSA) is 84.9 Å². The molecule has 8 heteroatoms. The Kier molecular flexibility index (Phi) is 5.02. The minimum atomic E-state index is -1.42. The lowest BCUT2D eigenvalue weighted by Crippen LogP contribution is -2.57. The summed E-state index contributed by atoms with van der Waals surface area (Å²) in [6.45, 7) is 1.67. The molecule has 6 nitrogen and oxygen atoms in total. The van der Waals surface area contributed by atoms with E-state index in [2.05, 4.69) is 21.2 Å². The first-order valence-electron chi connectivity index (χ1n) is 6.59. The molecule has 1 amide bonds. The van der Waals surface area contributed by atoms with E-state index in [9.17, 15) is 19.1 Å².